The van der Waals surface area contributed by atoms with E-state index < -0.39 is 6.04 Å². The molecule has 0 unspecified atom stereocenters. The molecule has 1 aromatic heterocycles. The van der Waals surface area contributed by atoms with E-state index in [2.05, 4.69) is 19.2 Å². The molecule has 0 spiro atoms. The van der Waals surface area contributed by atoms with Crippen molar-refractivity contribution in [3.63, 3.8) is 0 Å². The van der Waals surface area contributed by atoms with Crippen LogP contribution < -0.4 is 10.9 Å². The lowest BCUT2D eigenvalue weighted by atomic mass is 10.1. The zero-order valence-electron chi connectivity index (χ0n) is 22.0. The van der Waals surface area contributed by atoms with Gasteiger partial charge in [0.05, 0.1) is 38.4 Å². The fourth-order valence-corrected chi connectivity index (χ4v) is 4.79. The van der Waals surface area contributed by atoms with Gasteiger partial charge in [-0.2, -0.15) is 0 Å². The van der Waals surface area contributed by atoms with Gasteiger partial charge in [0, 0.05) is 6.54 Å². The minimum atomic E-state index is -0.481. The van der Waals surface area contributed by atoms with E-state index in [4.69, 9.17) is 28.2 Å². The zero-order valence-corrected chi connectivity index (χ0v) is 23.6. The summed E-state index contributed by atoms with van der Waals surface area (Å²) in [5.41, 5.74) is 2.64. The SMILES string of the molecule is CC[C@@H](c1nc2ccccc2c(=O)n1-c1ccc(C)cc1)N(CCC(C)C)C(=O)Nc1cccc(Cl)c1Cl. The number of carbonyl (C=O) groups is 1. The van der Waals surface area contributed by atoms with Crippen LogP contribution in [0.5, 0.6) is 0 Å². The third-order valence-corrected chi connectivity index (χ3v) is 7.38. The lowest BCUT2D eigenvalue weighted by molar-refractivity contribution is 0.176. The number of anilines is 1. The normalized spacial score (nSPS) is 12.1. The van der Waals surface area contributed by atoms with Crippen molar-refractivity contribution in [2.24, 2.45) is 5.92 Å². The largest absolute Gasteiger partial charge is 0.322 e. The Bertz CT molecular complexity index is 1500. The number of halogens is 2. The monoisotopic (exact) mass is 550 g/mol. The van der Waals surface area contributed by atoms with Gasteiger partial charge in [0.25, 0.3) is 5.56 Å². The quantitative estimate of drug-likeness (QED) is 0.241. The molecule has 0 saturated heterocycles. The molecule has 8 heteroatoms. The Labute approximate surface area is 233 Å². The molecule has 4 rings (SSSR count). The minimum Gasteiger partial charge on any atom is -0.314 e. The summed E-state index contributed by atoms with van der Waals surface area (Å²) in [5, 5.41) is 4.09. The molecule has 1 atom stereocenters. The van der Waals surface area contributed by atoms with E-state index >= 15 is 0 Å². The minimum absolute atomic E-state index is 0.171. The molecule has 1 heterocycles. The van der Waals surface area contributed by atoms with Gasteiger partial charge in [0.15, 0.2) is 0 Å². The second-order valence-electron chi connectivity index (χ2n) is 9.79. The number of hydrogen-bond donors (Lipinski definition) is 1. The van der Waals surface area contributed by atoms with Gasteiger partial charge in [-0.3, -0.25) is 9.36 Å². The van der Waals surface area contributed by atoms with E-state index in [0.717, 1.165) is 12.0 Å². The molecule has 4 aromatic rings. The number of benzene rings is 3. The van der Waals surface area contributed by atoms with Crippen molar-refractivity contribution in [3.05, 3.63) is 98.5 Å². The molecule has 0 aliphatic heterocycles. The van der Waals surface area contributed by atoms with Crippen molar-refractivity contribution in [1.29, 1.82) is 0 Å². The molecule has 6 nitrogen and oxygen atoms in total. The van der Waals surface area contributed by atoms with Crippen molar-refractivity contribution in [3.8, 4) is 5.69 Å². The molecule has 0 radical (unpaired) electrons. The summed E-state index contributed by atoms with van der Waals surface area (Å²) in [6, 6.07) is 19.4. The number of nitrogens with zero attached hydrogens (tertiary/aromatic N) is 3. The smallest absolute Gasteiger partial charge is 0.314 e. The molecule has 0 saturated carbocycles. The number of aryl methyl sites for hydroxylation is 1. The molecule has 0 aliphatic carbocycles. The van der Waals surface area contributed by atoms with E-state index in [9.17, 15) is 9.59 Å². The predicted octanol–water partition coefficient (Wildman–Crippen LogP) is 8.03. The highest BCUT2D eigenvalue weighted by atomic mass is 35.5. The van der Waals surface area contributed by atoms with Crippen LogP contribution in [-0.2, 0) is 0 Å². The van der Waals surface area contributed by atoms with Crippen molar-refractivity contribution >= 4 is 45.8 Å². The van der Waals surface area contributed by atoms with Gasteiger partial charge in [-0.05, 0) is 62.1 Å². The summed E-state index contributed by atoms with van der Waals surface area (Å²) in [7, 11) is 0. The second-order valence-corrected chi connectivity index (χ2v) is 10.6. The van der Waals surface area contributed by atoms with Gasteiger partial charge in [-0.15, -0.1) is 0 Å². The summed E-state index contributed by atoms with van der Waals surface area (Å²) in [6.07, 6.45) is 1.32. The van der Waals surface area contributed by atoms with Crippen LogP contribution in [0.4, 0.5) is 10.5 Å². The summed E-state index contributed by atoms with van der Waals surface area (Å²) in [4.78, 5) is 34.4. The molecule has 38 heavy (non-hydrogen) atoms. The third-order valence-electron chi connectivity index (χ3n) is 6.56. The first-order chi connectivity index (χ1) is 18.2. The van der Waals surface area contributed by atoms with Crippen molar-refractivity contribution in [2.75, 3.05) is 11.9 Å². The number of rotatable bonds is 8. The highest BCUT2D eigenvalue weighted by molar-refractivity contribution is 6.43. The molecular formula is C30H32Cl2N4O2. The van der Waals surface area contributed by atoms with Crippen LogP contribution in [0.2, 0.25) is 10.0 Å². The Morgan fingerprint density at radius 1 is 1.03 bits per heavy atom. The average Bonchev–Trinajstić information content (AvgIpc) is 2.90. The van der Waals surface area contributed by atoms with Gasteiger partial charge < -0.3 is 10.2 Å². The van der Waals surface area contributed by atoms with E-state index in [-0.39, 0.29) is 16.6 Å². The van der Waals surface area contributed by atoms with E-state index in [1.165, 1.54) is 0 Å². The van der Waals surface area contributed by atoms with Gasteiger partial charge in [0.1, 0.15) is 5.82 Å². The van der Waals surface area contributed by atoms with Crippen LogP contribution in [0.15, 0.2) is 71.5 Å². The Balaban J connectivity index is 1.87. The summed E-state index contributed by atoms with van der Waals surface area (Å²) >= 11 is 12.6. The van der Waals surface area contributed by atoms with Crippen molar-refractivity contribution in [1.82, 2.24) is 14.5 Å². The second kappa shape index (κ2) is 12.0. The Kier molecular flexibility index (Phi) is 8.75. The maximum atomic E-state index is 13.9. The standard InChI is InChI=1S/C30H32Cl2N4O2/c1-5-26(35(18-17-19(2)3)30(38)34-25-12-8-10-23(31)27(25)32)28-33-24-11-7-6-9-22(24)29(37)36(28)21-15-13-20(4)14-16-21/h6-16,19,26H,5,17-18H2,1-4H3,(H,34,38)/t26-/m0/s1. The Morgan fingerprint density at radius 2 is 1.74 bits per heavy atom. The highest BCUT2D eigenvalue weighted by Gasteiger charge is 2.29. The number of aromatic nitrogens is 2. The van der Waals surface area contributed by atoms with Crippen LogP contribution in [0.3, 0.4) is 0 Å². The fraction of sp³-hybridized carbons (Fsp3) is 0.300. The number of para-hydroxylation sites is 1. The average molecular weight is 552 g/mol. The van der Waals surface area contributed by atoms with Gasteiger partial charge >= 0.3 is 6.03 Å². The number of fused-ring (bicyclic) bond motifs is 1. The molecule has 2 amide bonds. The van der Waals surface area contributed by atoms with E-state index in [0.29, 0.717) is 52.0 Å². The van der Waals surface area contributed by atoms with Crippen LogP contribution >= 0.6 is 23.2 Å². The Hall–Kier alpha value is -3.35. The molecule has 198 valence electrons. The van der Waals surface area contributed by atoms with Crippen LogP contribution in [-0.4, -0.2) is 27.0 Å². The van der Waals surface area contributed by atoms with Gasteiger partial charge in [0.2, 0.25) is 0 Å². The molecule has 0 fully saturated rings. The summed E-state index contributed by atoms with van der Waals surface area (Å²) in [6.45, 7) is 8.69. The maximum Gasteiger partial charge on any atom is 0.322 e. The van der Waals surface area contributed by atoms with E-state index in [1.54, 1.807) is 33.7 Å². The predicted molar refractivity (Wildman–Crippen MR) is 157 cm³/mol. The maximum absolute atomic E-state index is 13.9. The number of nitrogens with one attached hydrogen (secondary N) is 1. The zero-order chi connectivity index (χ0) is 27.4. The number of urea groups is 1. The van der Waals surface area contributed by atoms with Gasteiger partial charge in [-0.25, -0.2) is 9.78 Å². The number of carbonyl (C=O) groups excluding carboxylic acids is 1. The number of hydrogen-bond acceptors (Lipinski definition) is 3. The number of amides is 2. The highest BCUT2D eigenvalue weighted by Crippen LogP contribution is 2.32. The van der Waals surface area contributed by atoms with Crippen LogP contribution in [0, 0.1) is 12.8 Å². The van der Waals surface area contributed by atoms with Gasteiger partial charge in [-0.1, -0.05) is 79.9 Å². The molecular weight excluding hydrogens is 519 g/mol. The Morgan fingerprint density at radius 3 is 2.42 bits per heavy atom. The van der Waals surface area contributed by atoms with Crippen LogP contribution in [0.1, 0.15) is 51.0 Å². The first-order valence-electron chi connectivity index (χ1n) is 12.8. The van der Waals surface area contributed by atoms with Crippen molar-refractivity contribution < 1.29 is 4.79 Å². The lowest BCUT2D eigenvalue weighted by Gasteiger charge is -2.33. The van der Waals surface area contributed by atoms with E-state index in [1.807, 2.05) is 56.3 Å². The summed E-state index contributed by atoms with van der Waals surface area (Å²) < 4.78 is 1.64. The first-order valence-corrected chi connectivity index (χ1v) is 13.6. The topological polar surface area (TPSA) is 67.2 Å². The molecule has 0 aliphatic rings. The third kappa shape index (κ3) is 5.87. The van der Waals surface area contributed by atoms with Crippen molar-refractivity contribution in [2.45, 2.75) is 46.6 Å². The lowest BCUT2D eigenvalue weighted by Crippen LogP contribution is -2.41. The summed E-state index contributed by atoms with van der Waals surface area (Å²) in [5.74, 6) is 0.873. The van der Waals surface area contributed by atoms with Crippen LogP contribution in [0.25, 0.3) is 16.6 Å². The molecule has 3 aromatic carbocycles. The fourth-order valence-electron chi connectivity index (χ4n) is 4.44. The molecule has 1 N–H and O–H groups in total. The molecule has 0 bridgehead atoms. The first kappa shape index (κ1) is 27.7.